The predicted molar refractivity (Wildman–Crippen MR) is 91.7 cm³/mol. The van der Waals surface area contributed by atoms with E-state index in [-0.39, 0.29) is 0 Å². The third-order valence-corrected chi connectivity index (χ3v) is 3.66. The number of aryl methyl sites for hydroxylation is 3. The van der Waals surface area contributed by atoms with Crippen LogP contribution in [0.5, 0.6) is 11.5 Å². The van der Waals surface area contributed by atoms with Gasteiger partial charge >= 0.3 is 0 Å². The SMILES string of the molecule is Cc1ccc(C)c(OCCCCOc2ccc(C)c(N)c2)c1. The number of nitrogens with two attached hydrogens (primary N) is 1. The summed E-state index contributed by atoms with van der Waals surface area (Å²) in [5, 5.41) is 0. The minimum atomic E-state index is 0.679. The minimum Gasteiger partial charge on any atom is -0.494 e. The summed E-state index contributed by atoms with van der Waals surface area (Å²) in [4.78, 5) is 0. The van der Waals surface area contributed by atoms with Gasteiger partial charge in [0.1, 0.15) is 11.5 Å². The molecule has 0 spiro atoms. The van der Waals surface area contributed by atoms with Crippen molar-refractivity contribution in [3.05, 3.63) is 53.1 Å². The monoisotopic (exact) mass is 299 g/mol. The van der Waals surface area contributed by atoms with Gasteiger partial charge < -0.3 is 15.2 Å². The lowest BCUT2D eigenvalue weighted by molar-refractivity contribution is 0.265. The predicted octanol–water partition coefficient (Wildman–Crippen LogP) is 4.43. The van der Waals surface area contributed by atoms with Gasteiger partial charge in [0.05, 0.1) is 13.2 Å². The highest BCUT2D eigenvalue weighted by Gasteiger charge is 2.01. The summed E-state index contributed by atoms with van der Waals surface area (Å²) in [6, 6.07) is 12.1. The number of ether oxygens (including phenoxy) is 2. The average molecular weight is 299 g/mol. The third-order valence-electron chi connectivity index (χ3n) is 3.66. The van der Waals surface area contributed by atoms with Gasteiger partial charge in [-0.1, -0.05) is 18.2 Å². The molecule has 0 aliphatic carbocycles. The Morgan fingerprint density at radius 3 is 2.23 bits per heavy atom. The molecule has 2 N–H and O–H groups in total. The number of rotatable bonds is 7. The van der Waals surface area contributed by atoms with E-state index in [0.717, 1.165) is 35.6 Å². The van der Waals surface area contributed by atoms with E-state index in [1.165, 1.54) is 11.1 Å². The summed E-state index contributed by atoms with van der Waals surface area (Å²) in [5.41, 5.74) is 10.1. The molecule has 0 saturated carbocycles. The average Bonchev–Trinajstić information content (AvgIpc) is 2.49. The molecule has 0 amide bonds. The molecular weight excluding hydrogens is 274 g/mol. The van der Waals surface area contributed by atoms with Crippen LogP contribution in [0.3, 0.4) is 0 Å². The molecule has 0 aromatic heterocycles. The van der Waals surface area contributed by atoms with E-state index in [0.29, 0.717) is 13.2 Å². The summed E-state index contributed by atoms with van der Waals surface area (Å²) in [7, 11) is 0. The topological polar surface area (TPSA) is 44.5 Å². The molecule has 0 aliphatic rings. The standard InChI is InChI=1S/C19H25NO2/c1-14-6-7-16(3)19(12-14)22-11-5-4-10-21-17-9-8-15(2)18(20)13-17/h6-9,12-13H,4-5,10-11,20H2,1-3H3. The molecule has 0 radical (unpaired) electrons. The number of anilines is 1. The molecule has 3 nitrogen and oxygen atoms in total. The van der Waals surface area contributed by atoms with Crippen LogP contribution in [0.4, 0.5) is 5.69 Å². The summed E-state index contributed by atoms with van der Waals surface area (Å²) in [5.74, 6) is 1.81. The van der Waals surface area contributed by atoms with Crippen LogP contribution in [0, 0.1) is 20.8 Å². The van der Waals surface area contributed by atoms with Gasteiger partial charge in [-0.15, -0.1) is 0 Å². The molecule has 2 aromatic carbocycles. The Hall–Kier alpha value is -2.16. The molecule has 0 fully saturated rings. The van der Waals surface area contributed by atoms with Crippen molar-refractivity contribution >= 4 is 5.69 Å². The second-order valence-electron chi connectivity index (χ2n) is 5.69. The zero-order chi connectivity index (χ0) is 15.9. The highest BCUT2D eigenvalue weighted by molar-refractivity contribution is 5.50. The summed E-state index contributed by atoms with van der Waals surface area (Å²) < 4.78 is 11.5. The first-order chi connectivity index (χ1) is 10.6. The number of unbranched alkanes of at least 4 members (excludes halogenated alkanes) is 1. The lowest BCUT2D eigenvalue weighted by Crippen LogP contribution is -2.03. The first-order valence-corrected chi connectivity index (χ1v) is 7.75. The highest BCUT2D eigenvalue weighted by Crippen LogP contribution is 2.20. The Morgan fingerprint density at radius 1 is 0.818 bits per heavy atom. The summed E-state index contributed by atoms with van der Waals surface area (Å²) >= 11 is 0. The maximum atomic E-state index is 5.86. The zero-order valence-corrected chi connectivity index (χ0v) is 13.7. The molecule has 3 heteroatoms. The van der Waals surface area contributed by atoms with Gasteiger partial charge in [0.2, 0.25) is 0 Å². The smallest absolute Gasteiger partial charge is 0.122 e. The molecule has 0 unspecified atom stereocenters. The Bertz CT molecular complexity index is 623. The van der Waals surface area contributed by atoms with Crippen molar-refractivity contribution in [1.82, 2.24) is 0 Å². The van der Waals surface area contributed by atoms with E-state index in [2.05, 4.69) is 32.0 Å². The summed E-state index contributed by atoms with van der Waals surface area (Å²) in [6.45, 7) is 7.53. The van der Waals surface area contributed by atoms with Gasteiger partial charge in [0.25, 0.3) is 0 Å². The molecule has 2 aromatic rings. The zero-order valence-electron chi connectivity index (χ0n) is 13.7. The second kappa shape index (κ2) is 7.74. The Labute approximate surface area is 133 Å². The third kappa shape index (κ3) is 4.69. The van der Waals surface area contributed by atoms with Gasteiger partial charge in [-0.3, -0.25) is 0 Å². The fourth-order valence-corrected chi connectivity index (χ4v) is 2.15. The van der Waals surface area contributed by atoms with Crippen LogP contribution in [0.1, 0.15) is 29.5 Å². The Morgan fingerprint density at radius 2 is 1.50 bits per heavy atom. The first kappa shape index (κ1) is 16.2. The van der Waals surface area contributed by atoms with Crippen molar-refractivity contribution in [1.29, 1.82) is 0 Å². The Balaban J connectivity index is 1.67. The molecule has 0 saturated heterocycles. The Kier molecular flexibility index (Phi) is 5.70. The van der Waals surface area contributed by atoms with E-state index in [1.54, 1.807) is 0 Å². The van der Waals surface area contributed by atoms with E-state index in [9.17, 15) is 0 Å². The van der Waals surface area contributed by atoms with Crippen molar-refractivity contribution in [2.45, 2.75) is 33.6 Å². The van der Waals surface area contributed by atoms with Crippen LogP contribution in [-0.2, 0) is 0 Å². The maximum Gasteiger partial charge on any atom is 0.122 e. The number of benzene rings is 2. The number of hydrogen-bond acceptors (Lipinski definition) is 3. The van der Waals surface area contributed by atoms with Crippen molar-refractivity contribution in [2.24, 2.45) is 0 Å². The highest BCUT2D eigenvalue weighted by atomic mass is 16.5. The quantitative estimate of drug-likeness (QED) is 0.607. The molecule has 0 bridgehead atoms. The van der Waals surface area contributed by atoms with Gasteiger partial charge in [-0.25, -0.2) is 0 Å². The van der Waals surface area contributed by atoms with Crippen LogP contribution < -0.4 is 15.2 Å². The van der Waals surface area contributed by atoms with Crippen LogP contribution in [-0.4, -0.2) is 13.2 Å². The van der Waals surface area contributed by atoms with Gasteiger partial charge in [-0.2, -0.15) is 0 Å². The largest absolute Gasteiger partial charge is 0.494 e. The van der Waals surface area contributed by atoms with Gasteiger partial charge in [-0.05, 0) is 62.4 Å². The van der Waals surface area contributed by atoms with Crippen LogP contribution in [0.25, 0.3) is 0 Å². The molecule has 22 heavy (non-hydrogen) atoms. The minimum absolute atomic E-state index is 0.679. The lowest BCUT2D eigenvalue weighted by atomic mass is 10.1. The number of hydrogen-bond donors (Lipinski definition) is 1. The molecule has 0 heterocycles. The molecule has 0 atom stereocenters. The molecule has 118 valence electrons. The van der Waals surface area contributed by atoms with Crippen molar-refractivity contribution in [3.8, 4) is 11.5 Å². The van der Waals surface area contributed by atoms with Crippen LogP contribution >= 0.6 is 0 Å². The van der Waals surface area contributed by atoms with Crippen molar-refractivity contribution in [3.63, 3.8) is 0 Å². The lowest BCUT2D eigenvalue weighted by Gasteiger charge is -2.11. The normalized spacial score (nSPS) is 10.5. The first-order valence-electron chi connectivity index (χ1n) is 7.75. The van der Waals surface area contributed by atoms with E-state index >= 15 is 0 Å². The number of nitrogen functional groups attached to an aromatic ring is 1. The van der Waals surface area contributed by atoms with E-state index < -0.39 is 0 Å². The fourth-order valence-electron chi connectivity index (χ4n) is 2.15. The van der Waals surface area contributed by atoms with Gasteiger partial charge in [0.15, 0.2) is 0 Å². The summed E-state index contributed by atoms with van der Waals surface area (Å²) in [6.07, 6.45) is 1.92. The van der Waals surface area contributed by atoms with Crippen molar-refractivity contribution in [2.75, 3.05) is 18.9 Å². The molecule has 0 aliphatic heterocycles. The van der Waals surface area contributed by atoms with E-state index in [4.69, 9.17) is 15.2 Å². The van der Waals surface area contributed by atoms with E-state index in [1.807, 2.05) is 25.1 Å². The van der Waals surface area contributed by atoms with Crippen molar-refractivity contribution < 1.29 is 9.47 Å². The second-order valence-corrected chi connectivity index (χ2v) is 5.69. The van der Waals surface area contributed by atoms with Crippen LogP contribution in [0.15, 0.2) is 36.4 Å². The molecular formula is C19H25NO2. The van der Waals surface area contributed by atoms with Crippen LogP contribution in [0.2, 0.25) is 0 Å². The maximum absolute atomic E-state index is 5.86. The fraction of sp³-hybridized carbons (Fsp3) is 0.368. The van der Waals surface area contributed by atoms with Gasteiger partial charge in [0, 0.05) is 11.8 Å². The molecule has 2 rings (SSSR count).